The number of aromatic nitrogens is 3. The molecule has 162 valence electrons. The minimum atomic E-state index is 0.108. The molecular formula is C25H25N5O2. The molecule has 7 heteroatoms. The molecule has 1 saturated heterocycles. The van der Waals surface area contributed by atoms with E-state index in [4.69, 9.17) is 4.52 Å². The molecule has 3 heterocycles. The Balaban J connectivity index is 1.39. The first-order chi connectivity index (χ1) is 15.7. The molecule has 0 saturated carbocycles. The average Bonchev–Trinajstić information content (AvgIpc) is 3.32. The van der Waals surface area contributed by atoms with Crippen LogP contribution in [-0.4, -0.2) is 58.4 Å². The number of pyridine rings is 1. The van der Waals surface area contributed by atoms with Gasteiger partial charge in [0.25, 0.3) is 5.89 Å². The van der Waals surface area contributed by atoms with Gasteiger partial charge in [0.1, 0.15) is 11.4 Å². The monoisotopic (exact) mass is 427 g/mol. The van der Waals surface area contributed by atoms with Gasteiger partial charge in [-0.05, 0) is 48.9 Å². The Hall–Kier alpha value is -3.71. The smallest absolute Gasteiger partial charge is 0.262 e. The summed E-state index contributed by atoms with van der Waals surface area (Å²) in [6, 6.07) is 19.7. The minimum absolute atomic E-state index is 0.108. The lowest BCUT2D eigenvalue weighted by Gasteiger charge is -2.34. The van der Waals surface area contributed by atoms with Crippen molar-refractivity contribution in [2.45, 2.75) is 6.42 Å². The summed E-state index contributed by atoms with van der Waals surface area (Å²) >= 11 is 0. The first-order valence-corrected chi connectivity index (χ1v) is 10.8. The molecule has 0 aliphatic carbocycles. The van der Waals surface area contributed by atoms with Crippen molar-refractivity contribution in [3.8, 4) is 28.7 Å². The summed E-state index contributed by atoms with van der Waals surface area (Å²) in [5.74, 6) is 0.791. The van der Waals surface area contributed by atoms with Crippen LogP contribution in [0, 0.1) is 0 Å². The maximum atomic E-state index is 10.4. The van der Waals surface area contributed by atoms with Crippen molar-refractivity contribution in [1.29, 1.82) is 0 Å². The highest BCUT2D eigenvalue weighted by atomic mass is 16.5. The molecule has 1 aliphatic heterocycles. The molecule has 7 nitrogen and oxygen atoms in total. The molecule has 32 heavy (non-hydrogen) atoms. The molecule has 0 amide bonds. The maximum absolute atomic E-state index is 10.4. The van der Waals surface area contributed by atoms with E-state index in [0.29, 0.717) is 17.1 Å². The number of piperazine rings is 1. The van der Waals surface area contributed by atoms with Crippen molar-refractivity contribution in [1.82, 2.24) is 20.0 Å². The van der Waals surface area contributed by atoms with Crippen LogP contribution in [0.3, 0.4) is 0 Å². The van der Waals surface area contributed by atoms with Crippen molar-refractivity contribution in [3.05, 3.63) is 78.0 Å². The molecule has 5 rings (SSSR count). The molecule has 1 N–H and O–H groups in total. The first kappa shape index (κ1) is 20.2. The van der Waals surface area contributed by atoms with Crippen molar-refractivity contribution in [2.24, 2.45) is 0 Å². The van der Waals surface area contributed by atoms with Gasteiger partial charge in [-0.2, -0.15) is 4.98 Å². The second-order valence-corrected chi connectivity index (χ2v) is 8.13. The van der Waals surface area contributed by atoms with Gasteiger partial charge in [0.15, 0.2) is 0 Å². The minimum Gasteiger partial charge on any atom is -0.507 e. The molecule has 2 aromatic carbocycles. The summed E-state index contributed by atoms with van der Waals surface area (Å²) in [6.07, 6.45) is 2.53. The van der Waals surface area contributed by atoms with Gasteiger partial charge in [0.2, 0.25) is 5.82 Å². The maximum Gasteiger partial charge on any atom is 0.262 e. The molecule has 4 aromatic rings. The third-order valence-electron chi connectivity index (χ3n) is 5.81. The number of rotatable bonds is 5. The summed E-state index contributed by atoms with van der Waals surface area (Å²) in [7, 11) is 2.14. The highest BCUT2D eigenvalue weighted by Crippen LogP contribution is 2.31. The van der Waals surface area contributed by atoms with Crippen molar-refractivity contribution >= 4 is 5.69 Å². The second-order valence-electron chi connectivity index (χ2n) is 8.13. The number of anilines is 1. The number of phenols is 1. The molecule has 1 fully saturated rings. The summed E-state index contributed by atoms with van der Waals surface area (Å²) in [4.78, 5) is 13.6. The number of aromatic hydroxyl groups is 1. The molecule has 0 spiro atoms. The summed E-state index contributed by atoms with van der Waals surface area (Å²) in [5.41, 5.74) is 4.52. The number of hydrogen-bond acceptors (Lipinski definition) is 7. The summed E-state index contributed by atoms with van der Waals surface area (Å²) in [5, 5.41) is 14.5. The van der Waals surface area contributed by atoms with Gasteiger partial charge in [-0.25, -0.2) is 0 Å². The molecule has 0 atom stereocenters. The van der Waals surface area contributed by atoms with Crippen LogP contribution in [0.2, 0.25) is 0 Å². The topological polar surface area (TPSA) is 78.5 Å². The van der Waals surface area contributed by atoms with Crippen molar-refractivity contribution in [3.63, 3.8) is 0 Å². The van der Waals surface area contributed by atoms with E-state index < -0.39 is 0 Å². The zero-order valence-corrected chi connectivity index (χ0v) is 18.0. The summed E-state index contributed by atoms with van der Waals surface area (Å²) < 4.78 is 5.51. The molecule has 0 bridgehead atoms. The lowest BCUT2D eigenvalue weighted by atomic mass is 10.0. The average molecular weight is 428 g/mol. The lowest BCUT2D eigenvalue weighted by Crippen LogP contribution is -2.44. The van der Waals surface area contributed by atoms with Gasteiger partial charge in [-0.1, -0.05) is 41.6 Å². The molecule has 1 aliphatic rings. The molecule has 0 unspecified atom stereocenters. The third kappa shape index (κ3) is 4.33. The van der Waals surface area contributed by atoms with Crippen LogP contribution >= 0.6 is 0 Å². The Morgan fingerprint density at radius 3 is 2.56 bits per heavy atom. The predicted molar refractivity (Wildman–Crippen MR) is 124 cm³/mol. The number of benzene rings is 2. The van der Waals surface area contributed by atoms with Crippen LogP contribution < -0.4 is 4.90 Å². The Kier molecular flexibility index (Phi) is 5.56. The van der Waals surface area contributed by atoms with E-state index in [0.717, 1.165) is 43.9 Å². The standard InChI is InChI=1S/C25H25N5O2/c1-29-11-13-30(14-12-29)20-9-10-26-22(17-20)24-27-25(32-28-24)21-16-19(7-8-23(21)31)15-18-5-3-2-4-6-18/h2-10,16-17,31H,11-15H2,1H3. The second kappa shape index (κ2) is 8.80. The van der Waals surface area contributed by atoms with Gasteiger partial charge in [-0.15, -0.1) is 0 Å². The van der Waals surface area contributed by atoms with Gasteiger partial charge < -0.3 is 19.4 Å². The Bertz CT molecular complexity index is 1200. The number of phenolic OH excluding ortho intramolecular Hbond substituents is 1. The summed E-state index contributed by atoms with van der Waals surface area (Å²) in [6.45, 7) is 4.00. The van der Waals surface area contributed by atoms with Crippen molar-refractivity contribution < 1.29 is 9.63 Å². The van der Waals surface area contributed by atoms with E-state index in [2.05, 4.69) is 44.1 Å². The van der Waals surface area contributed by atoms with Gasteiger partial charge in [0, 0.05) is 38.1 Å². The molecule has 0 radical (unpaired) electrons. The Morgan fingerprint density at radius 1 is 0.938 bits per heavy atom. The number of nitrogens with zero attached hydrogens (tertiary/aromatic N) is 5. The van der Waals surface area contributed by atoms with Crippen LogP contribution in [0.4, 0.5) is 5.69 Å². The largest absolute Gasteiger partial charge is 0.507 e. The zero-order chi connectivity index (χ0) is 21.9. The zero-order valence-electron chi connectivity index (χ0n) is 18.0. The Morgan fingerprint density at radius 2 is 1.75 bits per heavy atom. The highest BCUT2D eigenvalue weighted by molar-refractivity contribution is 5.66. The predicted octanol–water partition coefficient (Wildman–Crippen LogP) is 3.85. The van der Waals surface area contributed by atoms with Crippen LogP contribution in [0.15, 0.2) is 71.4 Å². The quantitative estimate of drug-likeness (QED) is 0.518. The van der Waals surface area contributed by atoms with Crippen LogP contribution in [0.25, 0.3) is 23.0 Å². The fourth-order valence-electron chi connectivity index (χ4n) is 3.94. The lowest BCUT2D eigenvalue weighted by molar-refractivity contribution is 0.313. The van der Waals surface area contributed by atoms with E-state index in [1.807, 2.05) is 42.5 Å². The molecule has 2 aromatic heterocycles. The van der Waals surface area contributed by atoms with Crippen LogP contribution in [0.5, 0.6) is 5.75 Å². The Labute approximate surface area is 187 Å². The number of hydrogen-bond donors (Lipinski definition) is 1. The first-order valence-electron chi connectivity index (χ1n) is 10.8. The van der Waals surface area contributed by atoms with E-state index in [-0.39, 0.29) is 11.6 Å². The van der Waals surface area contributed by atoms with Gasteiger partial charge in [0.05, 0.1) is 5.56 Å². The van der Waals surface area contributed by atoms with E-state index in [9.17, 15) is 5.11 Å². The van der Waals surface area contributed by atoms with E-state index in [1.165, 1.54) is 5.56 Å². The highest BCUT2D eigenvalue weighted by Gasteiger charge is 2.18. The number of likely N-dealkylation sites (N-methyl/N-ethyl adjacent to an activating group) is 1. The fraction of sp³-hybridized carbons (Fsp3) is 0.240. The van der Waals surface area contributed by atoms with Crippen LogP contribution in [0.1, 0.15) is 11.1 Å². The van der Waals surface area contributed by atoms with Crippen molar-refractivity contribution in [2.75, 3.05) is 38.1 Å². The fourth-order valence-corrected chi connectivity index (χ4v) is 3.94. The van der Waals surface area contributed by atoms with Gasteiger partial charge >= 0.3 is 0 Å². The van der Waals surface area contributed by atoms with E-state index >= 15 is 0 Å². The SMILES string of the molecule is CN1CCN(c2ccnc(-c3noc(-c4cc(Cc5ccccc5)ccc4O)n3)c2)CC1. The normalized spacial score (nSPS) is 14.6. The molecular weight excluding hydrogens is 402 g/mol. The van der Waals surface area contributed by atoms with Gasteiger partial charge in [-0.3, -0.25) is 4.98 Å². The third-order valence-corrected chi connectivity index (χ3v) is 5.81. The van der Waals surface area contributed by atoms with E-state index in [1.54, 1.807) is 12.3 Å². The van der Waals surface area contributed by atoms with Crippen LogP contribution in [-0.2, 0) is 6.42 Å².